The van der Waals surface area contributed by atoms with Crippen molar-refractivity contribution in [1.82, 2.24) is 24.0 Å². The van der Waals surface area contributed by atoms with E-state index in [4.69, 9.17) is 0 Å². The van der Waals surface area contributed by atoms with Gasteiger partial charge >= 0.3 is 5.69 Å². The number of rotatable bonds is 5. The Morgan fingerprint density at radius 3 is 2.75 bits per heavy atom. The zero-order chi connectivity index (χ0) is 14.7. The molecule has 0 atom stereocenters. The van der Waals surface area contributed by atoms with Crippen LogP contribution >= 0.6 is 11.5 Å². The van der Waals surface area contributed by atoms with E-state index >= 15 is 0 Å². The van der Waals surface area contributed by atoms with E-state index in [0.29, 0.717) is 25.3 Å². The summed E-state index contributed by atoms with van der Waals surface area (Å²) in [5.41, 5.74) is 0.873. The van der Waals surface area contributed by atoms with E-state index in [-0.39, 0.29) is 11.2 Å². The Balaban J connectivity index is 2.01. The highest BCUT2D eigenvalue weighted by Gasteiger charge is 2.08. The molecule has 0 aliphatic rings. The van der Waals surface area contributed by atoms with Crippen LogP contribution in [0.1, 0.15) is 16.3 Å². The highest BCUT2D eigenvalue weighted by Crippen LogP contribution is 2.11. The summed E-state index contributed by atoms with van der Waals surface area (Å²) in [7, 11) is 1.94. The largest absolute Gasteiger partial charge is 0.328 e. The summed E-state index contributed by atoms with van der Waals surface area (Å²) in [5, 5.41) is 3.96. The van der Waals surface area contributed by atoms with Crippen LogP contribution in [-0.2, 0) is 13.1 Å². The van der Waals surface area contributed by atoms with E-state index in [1.807, 2.05) is 18.9 Å². The Morgan fingerprint density at radius 2 is 2.15 bits per heavy atom. The van der Waals surface area contributed by atoms with Gasteiger partial charge in [-0.2, -0.15) is 0 Å². The maximum absolute atomic E-state index is 11.8. The highest BCUT2D eigenvalue weighted by molar-refractivity contribution is 7.05. The number of nitrogens with zero attached hydrogens (tertiary/aromatic N) is 4. The number of aryl methyl sites for hydroxylation is 2. The third-order valence-electron chi connectivity index (χ3n) is 3.02. The predicted octanol–water partition coefficient (Wildman–Crippen LogP) is 0.137. The van der Waals surface area contributed by atoms with Crippen molar-refractivity contribution in [3.05, 3.63) is 43.2 Å². The fraction of sp³-hybridized carbons (Fsp3) is 0.500. The first-order valence-corrected chi connectivity index (χ1v) is 7.02. The van der Waals surface area contributed by atoms with Gasteiger partial charge in [-0.15, -0.1) is 5.10 Å². The molecule has 0 amide bonds. The third kappa shape index (κ3) is 3.40. The number of aromatic amines is 1. The van der Waals surface area contributed by atoms with Crippen molar-refractivity contribution in [3.63, 3.8) is 0 Å². The van der Waals surface area contributed by atoms with Gasteiger partial charge < -0.3 is 4.98 Å². The monoisotopic (exact) mass is 295 g/mol. The molecule has 20 heavy (non-hydrogen) atoms. The van der Waals surface area contributed by atoms with Crippen LogP contribution < -0.4 is 11.2 Å². The lowest BCUT2D eigenvalue weighted by Crippen LogP contribution is -2.38. The van der Waals surface area contributed by atoms with E-state index in [1.54, 1.807) is 6.92 Å². The molecule has 0 radical (unpaired) electrons. The zero-order valence-electron chi connectivity index (χ0n) is 11.7. The molecule has 7 nitrogen and oxygen atoms in total. The highest BCUT2D eigenvalue weighted by atomic mass is 32.1. The molecule has 0 aromatic carbocycles. The third-order valence-corrected chi connectivity index (χ3v) is 3.83. The van der Waals surface area contributed by atoms with Gasteiger partial charge in [-0.3, -0.25) is 14.3 Å². The molecular formula is C12H17N5O2S. The lowest BCUT2D eigenvalue weighted by atomic mass is 10.3. The molecule has 2 aromatic heterocycles. The average molecular weight is 295 g/mol. The van der Waals surface area contributed by atoms with Gasteiger partial charge in [0.2, 0.25) is 0 Å². The average Bonchev–Trinajstić information content (AvgIpc) is 2.73. The number of H-pyrrole nitrogens is 1. The predicted molar refractivity (Wildman–Crippen MR) is 77.0 cm³/mol. The van der Waals surface area contributed by atoms with Gasteiger partial charge in [0.1, 0.15) is 0 Å². The first kappa shape index (κ1) is 14.6. The van der Waals surface area contributed by atoms with Crippen LogP contribution in [-0.4, -0.2) is 37.6 Å². The fourth-order valence-electron chi connectivity index (χ4n) is 1.84. The molecule has 0 saturated carbocycles. The summed E-state index contributed by atoms with van der Waals surface area (Å²) in [4.78, 5) is 29.2. The molecule has 0 aliphatic carbocycles. The molecular weight excluding hydrogens is 278 g/mol. The van der Waals surface area contributed by atoms with Crippen molar-refractivity contribution in [3.8, 4) is 0 Å². The first-order valence-electron chi connectivity index (χ1n) is 6.24. The second-order valence-electron chi connectivity index (χ2n) is 4.77. The SMILES string of the molecule is Cc1cc(=O)n(CCN(C)Cc2snnc2C)c(=O)[nH]1. The molecule has 1 N–H and O–H groups in total. The van der Waals surface area contributed by atoms with E-state index in [1.165, 1.54) is 22.2 Å². The maximum atomic E-state index is 11.8. The van der Waals surface area contributed by atoms with Crippen LogP contribution in [0.3, 0.4) is 0 Å². The second kappa shape index (κ2) is 6.10. The summed E-state index contributed by atoms with van der Waals surface area (Å²) >= 11 is 1.37. The van der Waals surface area contributed by atoms with Crippen molar-refractivity contribution in [2.75, 3.05) is 13.6 Å². The minimum Gasteiger partial charge on any atom is -0.311 e. The normalized spacial score (nSPS) is 11.2. The molecule has 0 fully saturated rings. The standard InChI is InChI=1S/C12H17N5O2S/c1-8-6-11(18)17(12(19)13-8)5-4-16(3)7-10-9(2)14-15-20-10/h6H,4-5,7H2,1-3H3,(H,13,19). The molecule has 0 bridgehead atoms. The summed E-state index contributed by atoms with van der Waals surface area (Å²) in [5.74, 6) is 0. The summed E-state index contributed by atoms with van der Waals surface area (Å²) in [6.45, 7) is 5.28. The van der Waals surface area contributed by atoms with Crippen LogP contribution in [0.2, 0.25) is 0 Å². The van der Waals surface area contributed by atoms with E-state index in [9.17, 15) is 9.59 Å². The van der Waals surface area contributed by atoms with Gasteiger partial charge in [-0.25, -0.2) is 4.79 Å². The van der Waals surface area contributed by atoms with Crippen molar-refractivity contribution >= 4 is 11.5 Å². The number of nitrogens with one attached hydrogen (secondary N) is 1. The molecule has 0 unspecified atom stereocenters. The minimum atomic E-state index is -0.362. The molecule has 2 rings (SSSR count). The summed E-state index contributed by atoms with van der Waals surface area (Å²) in [6.07, 6.45) is 0. The summed E-state index contributed by atoms with van der Waals surface area (Å²) < 4.78 is 5.10. The quantitative estimate of drug-likeness (QED) is 0.848. The Labute approximate surface area is 120 Å². The van der Waals surface area contributed by atoms with Crippen molar-refractivity contribution in [2.45, 2.75) is 26.9 Å². The van der Waals surface area contributed by atoms with Gasteiger partial charge in [0.05, 0.1) is 10.6 Å². The molecule has 0 spiro atoms. The number of hydrogen-bond donors (Lipinski definition) is 1. The maximum Gasteiger partial charge on any atom is 0.328 e. The lowest BCUT2D eigenvalue weighted by Gasteiger charge is -2.15. The van der Waals surface area contributed by atoms with Crippen LogP contribution in [0.4, 0.5) is 0 Å². The van der Waals surface area contributed by atoms with Gasteiger partial charge in [-0.05, 0) is 32.4 Å². The van der Waals surface area contributed by atoms with Crippen molar-refractivity contribution in [1.29, 1.82) is 0 Å². The van der Waals surface area contributed by atoms with Crippen LogP contribution in [0.15, 0.2) is 15.7 Å². The molecule has 0 saturated heterocycles. The number of aromatic nitrogens is 4. The topological polar surface area (TPSA) is 83.9 Å². The van der Waals surface area contributed by atoms with Crippen LogP contribution in [0.25, 0.3) is 0 Å². The second-order valence-corrected chi connectivity index (χ2v) is 5.61. The van der Waals surface area contributed by atoms with E-state index in [0.717, 1.165) is 10.6 Å². The molecule has 2 heterocycles. The van der Waals surface area contributed by atoms with Gasteiger partial charge in [0, 0.05) is 31.4 Å². The fourth-order valence-corrected chi connectivity index (χ4v) is 2.55. The van der Waals surface area contributed by atoms with E-state index in [2.05, 4.69) is 14.6 Å². The first-order chi connectivity index (χ1) is 9.47. The Hall–Kier alpha value is -1.80. The molecule has 2 aromatic rings. The number of hydrogen-bond acceptors (Lipinski definition) is 6. The molecule has 0 aliphatic heterocycles. The smallest absolute Gasteiger partial charge is 0.311 e. The summed E-state index contributed by atoms with van der Waals surface area (Å²) in [6, 6.07) is 1.43. The zero-order valence-corrected chi connectivity index (χ0v) is 12.5. The Morgan fingerprint density at radius 1 is 1.40 bits per heavy atom. The van der Waals surface area contributed by atoms with Crippen LogP contribution in [0, 0.1) is 13.8 Å². The van der Waals surface area contributed by atoms with Gasteiger partial charge in [0.15, 0.2) is 0 Å². The van der Waals surface area contributed by atoms with Gasteiger partial charge in [-0.1, -0.05) is 4.49 Å². The lowest BCUT2D eigenvalue weighted by molar-refractivity contribution is 0.309. The minimum absolute atomic E-state index is 0.268. The number of likely N-dealkylation sites (N-methyl/N-ethyl adjacent to an activating group) is 1. The van der Waals surface area contributed by atoms with Crippen molar-refractivity contribution < 1.29 is 0 Å². The Kier molecular flexibility index (Phi) is 4.46. The van der Waals surface area contributed by atoms with Crippen LogP contribution in [0.5, 0.6) is 0 Å². The van der Waals surface area contributed by atoms with E-state index < -0.39 is 0 Å². The molecule has 108 valence electrons. The molecule has 8 heteroatoms. The Bertz CT molecular complexity index is 671. The van der Waals surface area contributed by atoms with Crippen molar-refractivity contribution in [2.24, 2.45) is 0 Å². The van der Waals surface area contributed by atoms with Gasteiger partial charge in [0.25, 0.3) is 5.56 Å².